The summed E-state index contributed by atoms with van der Waals surface area (Å²) < 4.78 is 5.59. The Morgan fingerprint density at radius 1 is 1.38 bits per heavy atom. The zero-order valence-corrected chi connectivity index (χ0v) is 15.3. The number of nitrogens with zero attached hydrogens (tertiary/aromatic N) is 2. The van der Waals surface area contributed by atoms with Crippen LogP contribution in [-0.2, 0) is 9.63 Å². The summed E-state index contributed by atoms with van der Waals surface area (Å²) in [6, 6.07) is 3.46. The van der Waals surface area contributed by atoms with Crippen molar-refractivity contribution >= 4 is 28.8 Å². The number of carbonyl (C=O) groups is 2. The summed E-state index contributed by atoms with van der Waals surface area (Å²) in [4.78, 5) is 30.8. The second-order valence-electron chi connectivity index (χ2n) is 7.14. The number of methoxy groups -OCH3 is 1. The Hall–Kier alpha value is -2.77. The fourth-order valence-corrected chi connectivity index (χ4v) is 3.54. The van der Waals surface area contributed by atoms with Crippen LogP contribution in [0.3, 0.4) is 0 Å². The highest BCUT2D eigenvalue weighted by atomic mass is 16.6. The highest BCUT2D eigenvalue weighted by Gasteiger charge is 2.40. The van der Waals surface area contributed by atoms with Crippen LogP contribution in [0.4, 0.5) is 11.4 Å². The molecule has 0 saturated carbocycles. The number of Topliss-reactive ketones (excluding diaryl/α,β-unsaturated/α-hetero) is 1. The highest BCUT2D eigenvalue weighted by Crippen LogP contribution is 2.43. The molecule has 26 heavy (non-hydrogen) atoms. The molecule has 2 N–H and O–H groups in total. The molecule has 0 spiro atoms. The molecule has 0 aromatic heterocycles. The lowest BCUT2D eigenvalue weighted by Crippen LogP contribution is -2.35. The maximum atomic E-state index is 12.5. The van der Waals surface area contributed by atoms with Crippen LogP contribution in [0.1, 0.15) is 24.2 Å². The van der Waals surface area contributed by atoms with Crippen LogP contribution in [-0.4, -0.2) is 56.4 Å². The van der Waals surface area contributed by atoms with Gasteiger partial charge in [0.05, 0.1) is 30.7 Å². The van der Waals surface area contributed by atoms with Gasteiger partial charge in [-0.2, -0.15) is 0 Å². The predicted molar refractivity (Wildman–Crippen MR) is 97.4 cm³/mol. The molecule has 2 heterocycles. The lowest BCUT2D eigenvalue weighted by Gasteiger charge is -2.28. The van der Waals surface area contributed by atoms with Crippen molar-refractivity contribution in [2.45, 2.75) is 13.8 Å². The molecule has 0 bridgehead atoms. The molecule has 2 aliphatic rings. The number of nitrogens with one attached hydrogen (secondary N) is 1. The fraction of sp³-hybridized carbons (Fsp3) is 0.500. The Balaban J connectivity index is 2.01. The van der Waals surface area contributed by atoms with Crippen molar-refractivity contribution < 1.29 is 24.3 Å². The van der Waals surface area contributed by atoms with Crippen LogP contribution in [0, 0.1) is 11.3 Å². The van der Waals surface area contributed by atoms with Crippen LogP contribution < -0.4 is 15.0 Å². The average molecular weight is 361 g/mol. The molecule has 1 unspecified atom stereocenters. The molecule has 1 saturated heterocycles. The van der Waals surface area contributed by atoms with Crippen molar-refractivity contribution in [3.05, 3.63) is 17.7 Å². The van der Waals surface area contributed by atoms with Crippen molar-refractivity contribution in [3.63, 3.8) is 0 Å². The van der Waals surface area contributed by atoms with Gasteiger partial charge in [0.25, 0.3) is 0 Å². The second-order valence-corrected chi connectivity index (χ2v) is 7.14. The number of ketones is 1. The Morgan fingerprint density at radius 3 is 2.73 bits per heavy atom. The third-order valence-electron chi connectivity index (χ3n) is 4.95. The van der Waals surface area contributed by atoms with E-state index in [9.17, 15) is 14.7 Å². The molecule has 8 heteroatoms. The first kappa shape index (κ1) is 18.0. The van der Waals surface area contributed by atoms with E-state index in [1.54, 1.807) is 19.2 Å². The van der Waals surface area contributed by atoms with E-state index >= 15 is 0 Å². The molecule has 140 valence electrons. The zero-order chi connectivity index (χ0) is 19.1. The normalized spacial score (nSPS) is 22.8. The van der Waals surface area contributed by atoms with E-state index < -0.39 is 17.7 Å². The minimum Gasteiger partial charge on any atom is -0.492 e. The Labute approximate surface area is 151 Å². The SMILES string of the molecule is CON=C1CN(c2ccc3c(c2OC)NCC(C(=O)O)C3=O)CC1(C)C. The molecule has 1 fully saturated rings. The molecule has 3 rings (SSSR count). The summed E-state index contributed by atoms with van der Waals surface area (Å²) in [6.07, 6.45) is 0. The van der Waals surface area contributed by atoms with Crippen LogP contribution in [0.5, 0.6) is 5.75 Å². The van der Waals surface area contributed by atoms with E-state index in [2.05, 4.69) is 29.2 Å². The highest BCUT2D eigenvalue weighted by molar-refractivity contribution is 6.14. The van der Waals surface area contributed by atoms with Crippen LogP contribution in [0.15, 0.2) is 17.3 Å². The van der Waals surface area contributed by atoms with Crippen molar-refractivity contribution in [1.29, 1.82) is 0 Å². The minimum absolute atomic E-state index is 0.0445. The summed E-state index contributed by atoms with van der Waals surface area (Å²) in [5, 5.41) is 16.4. The van der Waals surface area contributed by atoms with Gasteiger partial charge < -0.3 is 24.9 Å². The van der Waals surface area contributed by atoms with Gasteiger partial charge >= 0.3 is 5.97 Å². The summed E-state index contributed by atoms with van der Waals surface area (Å²) in [7, 11) is 3.07. The van der Waals surface area contributed by atoms with Gasteiger partial charge in [-0.15, -0.1) is 0 Å². The Kier molecular flexibility index (Phi) is 4.52. The number of carboxylic acids is 1. The van der Waals surface area contributed by atoms with Crippen LogP contribution >= 0.6 is 0 Å². The van der Waals surface area contributed by atoms with Gasteiger partial charge in [-0.25, -0.2) is 0 Å². The van der Waals surface area contributed by atoms with Gasteiger partial charge in [-0.1, -0.05) is 19.0 Å². The number of anilines is 2. The smallest absolute Gasteiger partial charge is 0.316 e. The molecular weight excluding hydrogens is 338 g/mol. The maximum absolute atomic E-state index is 12.5. The minimum atomic E-state index is -1.13. The first-order chi connectivity index (χ1) is 12.3. The number of oxime groups is 1. The zero-order valence-electron chi connectivity index (χ0n) is 15.3. The number of hydrogen-bond acceptors (Lipinski definition) is 7. The number of benzene rings is 1. The van der Waals surface area contributed by atoms with Crippen molar-refractivity contribution in [1.82, 2.24) is 0 Å². The van der Waals surface area contributed by atoms with Crippen LogP contribution in [0.25, 0.3) is 0 Å². The number of rotatable bonds is 4. The summed E-state index contributed by atoms with van der Waals surface area (Å²) in [5.74, 6) is -2.07. The monoisotopic (exact) mass is 361 g/mol. The van der Waals surface area contributed by atoms with Gasteiger partial charge in [-0.3, -0.25) is 9.59 Å². The molecular formula is C18H23N3O5. The van der Waals surface area contributed by atoms with Gasteiger partial charge in [0.15, 0.2) is 11.5 Å². The topological polar surface area (TPSA) is 100 Å². The number of carbonyl (C=O) groups excluding carboxylic acids is 1. The number of hydrogen-bond donors (Lipinski definition) is 2. The number of fused-ring (bicyclic) bond motifs is 1. The van der Waals surface area contributed by atoms with Crippen molar-refractivity contribution in [2.75, 3.05) is 44.1 Å². The Bertz CT molecular complexity index is 787. The van der Waals surface area contributed by atoms with Gasteiger partial charge in [-0.05, 0) is 12.1 Å². The number of ether oxygens (including phenoxy) is 1. The third kappa shape index (κ3) is 2.85. The molecule has 2 aliphatic heterocycles. The predicted octanol–water partition coefficient (Wildman–Crippen LogP) is 1.85. The van der Waals surface area contributed by atoms with E-state index in [1.165, 1.54) is 7.11 Å². The molecule has 1 aromatic rings. The molecule has 0 aliphatic carbocycles. The fourth-order valence-electron chi connectivity index (χ4n) is 3.54. The summed E-state index contributed by atoms with van der Waals surface area (Å²) >= 11 is 0. The molecule has 0 amide bonds. The lowest BCUT2D eigenvalue weighted by molar-refractivity contribution is -0.139. The standard InChI is InChI=1S/C18H23N3O5/c1-18(2)9-21(8-13(18)20-26-4)12-6-5-10-14(16(12)25-3)19-7-11(15(10)22)17(23)24/h5-6,11,19H,7-9H2,1-4H3,(H,23,24). The average Bonchev–Trinajstić information content (AvgIpc) is 2.88. The molecule has 1 atom stereocenters. The first-order valence-corrected chi connectivity index (χ1v) is 8.37. The summed E-state index contributed by atoms with van der Waals surface area (Å²) in [5.41, 5.74) is 2.48. The summed E-state index contributed by atoms with van der Waals surface area (Å²) in [6.45, 7) is 5.53. The van der Waals surface area contributed by atoms with Gasteiger partial charge in [0.2, 0.25) is 0 Å². The molecule has 0 radical (unpaired) electrons. The third-order valence-corrected chi connectivity index (χ3v) is 4.95. The van der Waals surface area contributed by atoms with E-state index in [1.807, 2.05) is 0 Å². The first-order valence-electron chi connectivity index (χ1n) is 8.37. The molecule has 1 aromatic carbocycles. The van der Waals surface area contributed by atoms with E-state index in [0.717, 1.165) is 17.9 Å². The van der Waals surface area contributed by atoms with Crippen LogP contribution in [0.2, 0.25) is 0 Å². The number of carboxylic acid groups (broad SMARTS) is 1. The Morgan fingerprint density at radius 2 is 2.12 bits per heavy atom. The lowest BCUT2D eigenvalue weighted by atomic mass is 9.91. The van der Waals surface area contributed by atoms with Crippen molar-refractivity contribution in [2.24, 2.45) is 16.5 Å². The van der Waals surface area contributed by atoms with E-state index in [0.29, 0.717) is 23.5 Å². The second kappa shape index (κ2) is 6.51. The van der Waals surface area contributed by atoms with E-state index in [-0.39, 0.29) is 12.0 Å². The number of aliphatic carboxylic acids is 1. The maximum Gasteiger partial charge on any atom is 0.316 e. The van der Waals surface area contributed by atoms with E-state index in [4.69, 9.17) is 9.57 Å². The largest absolute Gasteiger partial charge is 0.492 e. The van der Waals surface area contributed by atoms with Gasteiger partial charge in [0.1, 0.15) is 13.0 Å². The molecule has 8 nitrogen and oxygen atoms in total. The van der Waals surface area contributed by atoms with Crippen molar-refractivity contribution in [3.8, 4) is 5.75 Å². The van der Waals surface area contributed by atoms with Gasteiger partial charge in [0, 0.05) is 24.1 Å². The quantitative estimate of drug-likeness (QED) is 0.623.